The molecule has 438 valence electrons. The van der Waals surface area contributed by atoms with E-state index in [2.05, 4.69) is 142 Å². The maximum absolute atomic E-state index is 12.9. The Labute approximate surface area is 475 Å². The molecule has 0 fully saturated rings. The lowest BCUT2D eigenvalue weighted by Crippen LogP contribution is -2.30. The van der Waals surface area contributed by atoms with Crippen LogP contribution in [0.4, 0.5) is 0 Å². The van der Waals surface area contributed by atoms with Gasteiger partial charge in [0.05, 0.1) is 0 Å². The summed E-state index contributed by atoms with van der Waals surface area (Å²) in [6.45, 7) is 6.47. The largest absolute Gasteiger partial charge is 0.462 e. The fraction of sp³-hybridized carbons (Fsp3) is 0.676. The van der Waals surface area contributed by atoms with Crippen molar-refractivity contribution in [1.29, 1.82) is 0 Å². The Balaban J connectivity index is 4.48. The number of carbonyl (C=O) groups excluding carboxylic acids is 3. The predicted octanol–water partition coefficient (Wildman–Crippen LogP) is 22.0. The molecule has 1 atom stereocenters. The van der Waals surface area contributed by atoms with Gasteiger partial charge in [0.1, 0.15) is 13.2 Å². The maximum Gasteiger partial charge on any atom is 0.306 e. The Morgan fingerprint density at radius 2 is 0.506 bits per heavy atom. The smallest absolute Gasteiger partial charge is 0.306 e. The van der Waals surface area contributed by atoms with Crippen LogP contribution in [0.5, 0.6) is 0 Å². The van der Waals surface area contributed by atoms with Gasteiger partial charge in [0, 0.05) is 19.3 Å². The van der Waals surface area contributed by atoms with E-state index in [-0.39, 0.29) is 31.1 Å². The van der Waals surface area contributed by atoms with E-state index in [0.717, 1.165) is 135 Å². The second-order valence-corrected chi connectivity index (χ2v) is 20.9. The van der Waals surface area contributed by atoms with Gasteiger partial charge in [0.2, 0.25) is 0 Å². The molecular weight excluding hydrogens is 949 g/mol. The van der Waals surface area contributed by atoms with Gasteiger partial charge in [-0.1, -0.05) is 258 Å². The van der Waals surface area contributed by atoms with E-state index in [4.69, 9.17) is 14.2 Å². The molecule has 0 aromatic heterocycles. The van der Waals surface area contributed by atoms with Crippen LogP contribution in [0.15, 0.2) is 122 Å². The molecule has 0 bridgehead atoms. The fourth-order valence-electron chi connectivity index (χ4n) is 8.62. The van der Waals surface area contributed by atoms with E-state index >= 15 is 0 Å². The molecule has 0 amide bonds. The van der Waals surface area contributed by atoms with Gasteiger partial charge in [0.25, 0.3) is 0 Å². The number of esters is 3. The number of hydrogen-bond acceptors (Lipinski definition) is 6. The van der Waals surface area contributed by atoms with Crippen molar-refractivity contribution >= 4 is 17.9 Å². The normalized spacial score (nSPS) is 12.9. The number of carbonyl (C=O) groups is 3. The highest BCUT2D eigenvalue weighted by molar-refractivity contribution is 5.71. The summed E-state index contributed by atoms with van der Waals surface area (Å²) in [5.41, 5.74) is 0. The first-order valence-corrected chi connectivity index (χ1v) is 32.0. The molecule has 6 nitrogen and oxygen atoms in total. The van der Waals surface area contributed by atoms with Crippen molar-refractivity contribution < 1.29 is 28.6 Å². The minimum absolute atomic E-state index is 0.0961. The quantitative estimate of drug-likeness (QED) is 0.0261. The summed E-state index contributed by atoms with van der Waals surface area (Å²) in [6, 6.07) is 0. The van der Waals surface area contributed by atoms with Crippen LogP contribution in [0.1, 0.15) is 290 Å². The van der Waals surface area contributed by atoms with E-state index in [9.17, 15) is 14.4 Å². The molecule has 0 saturated carbocycles. The van der Waals surface area contributed by atoms with Crippen LogP contribution in [0.25, 0.3) is 0 Å². The molecule has 0 rings (SSSR count). The number of allylic oxidation sites excluding steroid dienone is 20. The standard InChI is InChI=1S/C71H118O6/c1-4-7-10-13-16-19-22-25-28-31-33-34-35-36-38-40-43-46-49-52-55-58-61-64-70(73)76-67-68(66-75-69(72)63-60-57-54-51-48-45-42-39-30-27-24-21-18-15-12-9-6-3)77-71(74)65-62-59-56-53-50-47-44-41-37-32-29-26-23-20-17-14-11-8-5-2/h7,10,16-17,19-20,25-30,33-34,36-38,41,43,46,68H,4-6,8-9,11-15,18,21-24,31-32,35,39-40,42,44-45,47-67H2,1-3H3/b10-7-,19-16-,20-17-,28-25-,29-26-,30-27-,34-33-,38-36-,41-37-,46-43-. The molecule has 77 heavy (non-hydrogen) atoms. The summed E-state index contributed by atoms with van der Waals surface area (Å²) in [5.74, 6) is -0.934. The van der Waals surface area contributed by atoms with Gasteiger partial charge < -0.3 is 14.2 Å². The second-order valence-electron chi connectivity index (χ2n) is 20.9. The third kappa shape index (κ3) is 62.5. The highest BCUT2D eigenvalue weighted by atomic mass is 16.6. The monoisotopic (exact) mass is 1070 g/mol. The van der Waals surface area contributed by atoms with E-state index in [1.54, 1.807) is 0 Å². The van der Waals surface area contributed by atoms with E-state index < -0.39 is 6.10 Å². The minimum atomic E-state index is -0.803. The Kier molecular flexibility index (Phi) is 60.8. The lowest BCUT2D eigenvalue weighted by Gasteiger charge is -2.18. The van der Waals surface area contributed by atoms with Gasteiger partial charge in [-0.05, 0) is 135 Å². The molecule has 0 saturated heterocycles. The van der Waals surface area contributed by atoms with Crippen LogP contribution in [0.3, 0.4) is 0 Å². The average Bonchev–Trinajstić information content (AvgIpc) is 3.43. The zero-order valence-electron chi connectivity index (χ0n) is 50.2. The summed E-state index contributed by atoms with van der Waals surface area (Å²) in [7, 11) is 0. The third-order valence-corrected chi connectivity index (χ3v) is 13.4. The van der Waals surface area contributed by atoms with Crippen molar-refractivity contribution in [2.24, 2.45) is 0 Å². The van der Waals surface area contributed by atoms with Crippen molar-refractivity contribution in [3.63, 3.8) is 0 Å². The maximum atomic E-state index is 12.9. The molecule has 0 aromatic rings. The van der Waals surface area contributed by atoms with Gasteiger partial charge in [0.15, 0.2) is 6.10 Å². The number of ether oxygens (including phenoxy) is 3. The molecule has 0 radical (unpaired) electrons. The van der Waals surface area contributed by atoms with Crippen molar-refractivity contribution in [3.05, 3.63) is 122 Å². The SMILES string of the molecule is CC/C=C\C/C=C\C/C=C\C/C=C\C/C=C\C/C=C\CCCCCCC(=O)OCC(COC(=O)CCCCCCCCC/C=C\CCCCCCCC)OC(=O)CCCCCCCC/C=C\C/C=C\C/C=C\CCCCC. The average molecular weight is 1070 g/mol. The molecular formula is C71H118O6. The summed E-state index contributed by atoms with van der Waals surface area (Å²) in [4.78, 5) is 38.4. The highest BCUT2D eigenvalue weighted by Crippen LogP contribution is 2.15. The lowest BCUT2D eigenvalue weighted by molar-refractivity contribution is -0.167. The fourth-order valence-corrected chi connectivity index (χ4v) is 8.62. The Morgan fingerprint density at radius 3 is 0.831 bits per heavy atom. The van der Waals surface area contributed by atoms with Crippen molar-refractivity contribution in [2.75, 3.05) is 13.2 Å². The van der Waals surface area contributed by atoms with E-state index in [0.29, 0.717) is 19.3 Å². The van der Waals surface area contributed by atoms with Crippen molar-refractivity contribution in [2.45, 2.75) is 297 Å². The lowest BCUT2D eigenvalue weighted by atomic mass is 10.1. The Morgan fingerprint density at radius 1 is 0.273 bits per heavy atom. The molecule has 0 spiro atoms. The van der Waals surface area contributed by atoms with Crippen LogP contribution in [-0.2, 0) is 28.6 Å². The molecule has 6 heteroatoms. The second kappa shape index (κ2) is 64.3. The van der Waals surface area contributed by atoms with Crippen LogP contribution in [0.2, 0.25) is 0 Å². The first-order chi connectivity index (χ1) is 38.0. The van der Waals surface area contributed by atoms with Crippen LogP contribution >= 0.6 is 0 Å². The number of rotatable bonds is 57. The summed E-state index contributed by atoms with van der Waals surface area (Å²) in [5, 5.41) is 0. The highest BCUT2D eigenvalue weighted by Gasteiger charge is 2.19. The number of hydrogen-bond donors (Lipinski definition) is 0. The molecule has 0 aliphatic rings. The zero-order chi connectivity index (χ0) is 55.7. The zero-order valence-corrected chi connectivity index (χ0v) is 50.2. The molecule has 0 aliphatic heterocycles. The third-order valence-electron chi connectivity index (χ3n) is 13.4. The topological polar surface area (TPSA) is 78.9 Å². The van der Waals surface area contributed by atoms with Crippen molar-refractivity contribution in [1.82, 2.24) is 0 Å². The summed E-state index contributed by atoms with van der Waals surface area (Å²) in [6.07, 6.45) is 89.0. The Bertz CT molecular complexity index is 1600. The Hall–Kier alpha value is -4.19. The number of unbranched alkanes of at least 4 members (excludes halogenated alkanes) is 26. The van der Waals surface area contributed by atoms with Crippen LogP contribution in [-0.4, -0.2) is 37.2 Å². The van der Waals surface area contributed by atoms with Gasteiger partial charge in [-0.3, -0.25) is 14.4 Å². The van der Waals surface area contributed by atoms with E-state index in [1.165, 1.54) is 116 Å². The first-order valence-electron chi connectivity index (χ1n) is 32.0. The summed E-state index contributed by atoms with van der Waals surface area (Å²) >= 11 is 0. The van der Waals surface area contributed by atoms with Crippen LogP contribution < -0.4 is 0 Å². The first kappa shape index (κ1) is 72.8. The van der Waals surface area contributed by atoms with Gasteiger partial charge >= 0.3 is 17.9 Å². The minimum Gasteiger partial charge on any atom is -0.462 e. The van der Waals surface area contributed by atoms with Crippen LogP contribution in [0, 0.1) is 0 Å². The van der Waals surface area contributed by atoms with Gasteiger partial charge in [-0.2, -0.15) is 0 Å². The molecule has 1 unspecified atom stereocenters. The van der Waals surface area contributed by atoms with Crippen molar-refractivity contribution in [3.8, 4) is 0 Å². The predicted molar refractivity (Wildman–Crippen MR) is 334 cm³/mol. The molecule has 0 aromatic carbocycles. The van der Waals surface area contributed by atoms with E-state index in [1.807, 2.05) is 0 Å². The molecule has 0 N–H and O–H groups in total. The molecule has 0 heterocycles. The van der Waals surface area contributed by atoms with Gasteiger partial charge in [-0.15, -0.1) is 0 Å². The van der Waals surface area contributed by atoms with Gasteiger partial charge in [-0.25, -0.2) is 0 Å². The molecule has 0 aliphatic carbocycles. The summed E-state index contributed by atoms with van der Waals surface area (Å²) < 4.78 is 16.9.